The van der Waals surface area contributed by atoms with Gasteiger partial charge in [0.2, 0.25) is 9.84 Å². The van der Waals surface area contributed by atoms with Gasteiger partial charge >= 0.3 is 0 Å². The smallest absolute Gasteiger partial charge is 0.208 e. The number of rotatable bonds is 6. The van der Waals surface area contributed by atoms with Gasteiger partial charge in [0.15, 0.2) is 0 Å². The molecule has 0 atom stereocenters. The molecule has 1 aliphatic rings. The zero-order valence-electron chi connectivity index (χ0n) is 19.9. The predicted molar refractivity (Wildman–Crippen MR) is 146 cm³/mol. The highest BCUT2D eigenvalue weighted by atomic mass is 35.5. The summed E-state index contributed by atoms with van der Waals surface area (Å²) in [6.07, 6.45) is 6.84. The molecule has 0 aliphatic carbocycles. The van der Waals surface area contributed by atoms with E-state index in [2.05, 4.69) is 27.1 Å². The van der Waals surface area contributed by atoms with Gasteiger partial charge in [-0.05, 0) is 79.7 Å². The maximum Gasteiger partial charge on any atom is 0.208 e. The average Bonchev–Trinajstić information content (AvgIpc) is 3.53. The van der Waals surface area contributed by atoms with Crippen LogP contribution >= 0.6 is 11.6 Å². The van der Waals surface area contributed by atoms with Crippen molar-refractivity contribution < 1.29 is 8.42 Å². The first-order valence-corrected chi connectivity index (χ1v) is 14.2. The molecular weight excluding hydrogens is 490 g/mol. The van der Waals surface area contributed by atoms with Gasteiger partial charge in [0.05, 0.1) is 15.3 Å². The lowest BCUT2D eigenvalue weighted by atomic mass is 9.88. The third-order valence-electron chi connectivity index (χ3n) is 7.51. The van der Waals surface area contributed by atoms with Crippen molar-refractivity contribution in [2.45, 2.75) is 35.0 Å². The number of hydrogen-bond donors (Lipinski definition) is 2. The lowest BCUT2D eigenvalue weighted by molar-refractivity contribution is 0.215. The highest BCUT2D eigenvalue weighted by Crippen LogP contribution is 2.36. The summed E-state index contributed by atoms with van der Waals surface area (Å²) in [5.74, 6) is 0.405. The van der Waals surface area contributed by atoms with Crippen molar-refractivity contribution in [3.63, 3.8) is 0 Å². The molecule has 5 nitrogen and oxygen atoms in total. The van der Waals surface area contributed by atoms with E-state index in [1.807, 2.05) is 36.4 Å². The summed E-state index contributed by atoms with van der Waals surface area (Å²) in [6.45, 7) is 3.07. The third kappa shape index (κ3) is 4.23. The molecule has 5 aromatic rings. The maximum absolute atomic E-state index is 13.3. The number of hydrogen-bond acceptors (Lipinski definition) is 3. The number of benzene rings is 3. The number of fused-ring (bicyclic) bond motifs is 2. The first-order valence-electron chi connectivity index (χ1n) is 12.4. The number of para-hydroxylation sites is 1. The van der Waals surface area contributed by atoms with E-state index in [0.717, 1.165) is 60.3 Å². The standard InChI is InChI=1S/C29H28ClN3O2S/c30-22-9-10-27-26(17-22)21(18-31-27)13-16-33-14-11-20(12-15-33)24-7-4-8-25-28(19-32-29(24)25)36(34,35)23-5-2-1-3-6-23/h1-10,17-20,31-32H,11-16H2. The van der Waals surface area contributed by atoms with E-state index in [0.29, 0.717) is 15.7 Å². The minimum Gasteiger partial charge on any atom is -0.361 e. The molecule has 3 aromatic carbocycles. The Balaban J connectivity index is 1.16. The van der Waals surface area contributed by atoms with Gasteiger partial charge in [-0.1, -0.05) is 48.0 Å². The summed E-state index contributed by atoms with van der Waals surface area (Å²) in [6, 6.07) is 20.7. The van der Waals surface area contributed by atoms with Crippen molar-refractivity contribution in [1.82, 2.24) is 14.9 Å². The fourth-order valence-electron chi connectivity index (χ4n) is 5.54. The van der Waals surface area contributed by atoms with Crippen LogP contribution in [0.2, 0.25) is 5.02 Å². The molecule has 6 rings (SSSR count). The zero-order valence-corrected chi connectivity index (χ0v) is 21.4. The minimum absolute atomic E-state index is 0.321. The van der Waals surface area contributed by atoms with Crippen LogP contribution in [0.15, 0.2) is 88.9 Å². The van der Waals surface area contributed by atoms with Crippen LogP contribution in [0, 0.1) is 0 Å². The highest BCUT2D eigenvalue weighted by molar-refractivity contribution is 7.91. The molecule has 1 aliphatic heterocycles. The Morgan fingerprint density at radius 3 is 2.50 bits per heavy atom. The van der Waals surface area contributed by atoms with E-state index in [1.54, 1.807) is 30.5 Å². The lowest BCUT2D eigenvalue weighted by Gasteiger charge is -2.32. The monoisotopic (exact) mass is 517 g/mol. The van der Waals surface area contributed by atoms with Crippen LogP contribution in [0.25, 0.3) is 21.8 Å². The Labute approximate surface area is 216 Å². The number of nitrogens with zero attached hydrogens (tertiary/aromatic N) is 1. The molecule has 1 fully saturated rings. The number of H-pyrrole nitrogens is 2. The Kier molecular flexibility index (Phi) is 6.12. The molecule has 0 amide bonds. The maximum atomic E-state index is 13.3. The van der Waals surface area contributed by atoms with Crippen molar-refractivity contribution in [3.8, 4) is 0 Å². The summed E-state index contributed by atoms with van der Waals surface area (Å²) in [5, 5.41) is 2.75. The first kappa shape index (κ1) is 23.3. The zero-order chi connectivity index (χ0) is 24.7. The van der Waals surface area contributed by atoms with Crippen LogP contribution in [0.3, 0.4) is 0 Å². The predicted octanol–water partition coefficient (Wildman–Crippen LogP) is 6.56. The minimum atomic E-state index is -3.58. The molecule has 1 saturated heterocycles. The fraction of sp³-hybridized carbons (Fsp3) is 0.241. The van der Waals surface area contributed by atoms with Gasteiger partial charge in [0.1, 0.15) is 0 Å². The Bertz CT molecular complexity index is 1630. The summed E-state index contributed by atoms with van der Waals surface area (Å²) in [4.78, 5) is 9.85. The Hall–Kier alpha value is -3.06. The number of nitrogens with one attached hydrogen (secondary N) is 2. The van der Waals surface area contributed by atoms with Crippen molar-refractivity contribution in [3.05, 3.63) is 95.3 Å². The van der Waals surface area contributed by atoms with E-state index in [1.165, 1.54) is 16.5 Å². The highest BCUT2D eigenvalue weighted by Gasteiger charge is 2.26. The van der Waals surface area contributed by atoms with Gasteiger partial charge in [-0.25, -0.2) is 8.42 Å². The van der Waals surface area contributed by atoms with Crippen molar-refractivity contribution in [2.24, 2.45) is 0 Å². The van der Waals surface area contributed by atoms with Crippen LogP contribution in [0.1, 0.15) is 29.9 Å². The fourth-order valence-corrected chi connectivity index (χ4v) is 7.16. The van der Waals surface area contributed by atoms with Crippen LogP contribution < -0.4 is 0 Å². The summed E-state index contributed by atoms with van der Waals surface area (Å²) < 4.78 is 26.5. The molecule has 2 N–H and O–H groups in total. The summed E-state index contributed by atoms with van der Waals surface area (Å²) >= 11 is 6.21. The molecule has 2 aromatic heterocycles. The van der Waals surface area contributed by atoms with Crippen molar-refractivity contribution >= 4 is 43.2 Å². The van der Waals surface area contributed by atoms with E-state index < -0.39 is 9.84 Å². The van der Waals surface area contributed by atoms with E-state index >= 15 is 0 Å². The van der Waals surface area contributed by atoms with Gasteiger partial charge in [-0.15, -0.1) is 0 Å². The Morgan fingerprint density at radius 2 is 1.69 bits per heavy atom. The van der Waals surface area contributed by atoms with Gasteiger partial charge in [-0.3, -0.25) is 0 Å². The molecule has 0 spiro atoms. The normalized spacial score (nSPS) is 15.7. The molecule has 0 radical (unpaired) electrons. The molecule has 0 unspecified atom stereocenters. The number of piperidine rings is 1. The quantitative estimate of drug-likeness (QED) is 0.268. The van der Waals surface area contributed by atoms with Crippen LogP contribution in [-0.4, -0.2) is 42.9 Å². The molecule has 0 bridgehead atoms. The van der Waals surface area contributed by atoms with E-state index in [4.69, 9.17) is 11.6 Å². The average molecular weight is 518 g/mol. The summed E-state index contributed by atoms with van der Waals surface area (Å²) in [5.41, 5.74) is 4.59. The number of aromatic amines is 2. The first-order chi connectivity index (χ1) is 17.5. The van der Waals surface area contributed by atoms with Gasteiger partial charge in [-0.2, -0.15) is 0 Å². The Morgan fingerprint density at radius 1 is 0.889 bits per heavy atom. The van der Waals surface area contributed by atoms with Gasteiger partial charge < -0.3 is 14.9 Å². The van der Waals surface area contributed by atoms with Crippen LogP contribution in [-0.2, 0) is 16.3 Å². The lowest BCUT2D eigenvalue weighted by Crippen LogP contribution is -2.34. The molecule has 36 heavy (non-hydrogen) atoms. The van der Waals surface area contributed by atoms with E-state index in [9.17, 15) is 8.42 Å². The van der Waals surface area contributed by atoms with E-state index in [-0.39, 0.29) is 0 Å². The summed E-state index contributed by atoms with van der Waals surface area (Å²) in [7, 11) is -3.58. The van der Waals surface area contributed by atoms with Crippen LogP contribution in [0.4, 0.5) is 0 Å². The molecular formula is C29H28ClN3O2S. The molecule has 7 heteroatoms. The number of aromatic nitrogens is 2. The second-order valence-electron chi connectivity index (χ2n) is 9.61. The van der Waals surface area contributed by atoms with Gasteiger partial charge in [0, 0.05) is 40.3 Å². The van der Waals surface area contributed by atoms with Crippen molar-refractivity contribution in [1.29, 1.82) is 0 Å². The van der Waals surface area contributed by atoms with Crippen molar-refractivity contribution in [2.75, 3.05) is 19.6 Å². The number of likely N-dealkylation sites (tertiary alicyclic amines) is 1. The molecule has 0 saturated carbocycles. The van der Waals surface area contributed by atoms with Crippen LogP contribution in [0.5, 0.6) is 0 Å². The second kappa shape index (κ2) is 9.43. The SMILES string of the molecule is O=S(=O)(c1ccccc1)c1c[nH]c2c(C3CCN(CCc4c[nH]c5ccc(Cl)cc45)CC3)cccc12. The van der Waals surface area contributed by atoms with Gasteiger partial charge in [0.25, 0.3) is 0 Å². The largest absolute Gasteiger partial charge is 0.361 e. The third-order valence-corrected chi connectivity index (χ3v) is 9.55. The number of sulfone groups is 1. The molecule has 184 valence electrons. The topological polar surface area (TPSA) is 69.0 Å². The molecule has 3 heterocycles. The number of halogens is 1. The second-order valence-corrected chi connectivity index (χ2v) is 12.0.